The molecule has 0 bridgehead atoms. The van der Waals surface area contributed by atoms with Crippen LogP contribution in [0.4, 0.5) is 5.82 Å². The summed E-state index contributed by atoms with van der Waals surface area (Å²) in [5.41, 5.74) is 8.74. The molecule has 3 aromatic rings. The maximum Gasteiger partial charge on any atom is 0.274 e. The van der Waals surface area contributed by atoms with Crippen LogP contribution in [0.3, 0.4) is 0 Å². The fourth-order valence-electron chi connectivity index (χ4n) is 4.52. The second kappa shape index (κ2) is 8.14. The second-order valence-electron chi connectivity index (χ2n) is 9.00. The molecule has 2 aliphatic rings. The van der Waals surface area contributed by atoms with E-state index in [4.69, 9.17) is 5.73 Å². The van der Waals surface area contributed by atoms with Crippen molar-refractivity contribution in [2.45, 2.75) is 32.5 Å². The van der Waals surface area contributed by atoms with Crippen LogP contribution < -0.4 is 5.73 Å². The Kier molecular flexibility index (Phi) is 5.30. The highest BCUT2D eigenvalue weighted by Crippen LogP contribution is 2.27. The Morgan fingerprint density at radius 1 is 1.16 bits per heavy atom. The van der Waals surface area contributed by atoms with Crippen molar-refractivity contribution in [3.63, 3.8) is 0 Å². The Morgan fingerprint density at radius 3 is 2.62 bits per heavy atom. The van der Waals surface area contributed by atoms with Gasteiger partial charge in [-0.2, -0.15) is 5.10 Å². The molecule has 0 radical (unpaired) electrons. The summed E-state index contributed by atoms with van der Waals surface area (Å²) in [6.07, 6.45) is 3.16. The number of piperazine rings is 1. The van der Waals surface area contributed by atoms with Crippen molar-refractivity contribution in [3.8, 4) is 0 Å². The number of hydrogen-bond donors (Lipinski definition) is 1. The topological polar surface area (TPSA) is 114 Å². The lowest BCUT2D eigenvalue weighted by atomic mass is 10.1. The van der Waals surface area contributed by atoms with Gasteiger partial charge in [0.1, 0.15) is 11.8 Å². The molecular formula is C21H30N10O. The number of rotatable bonds is 5. The first-order valence-corrected chi connectivity index (χ1v) is 11.1. The number of nitrogens with two attached hydrogens (primary N) is 1. The van der Waals surface area contributed by atoms with E-state index in [2.05, 4.69) is 43.7 Å². The molecule has 0 aromatic carbocycles. The van der Waals surface area contributed by atoms with Crippen molar-refractivity contribution < 1.29 is 4.79 Å². The van der Waals surface area contributed by atoms with E-state index in [-0.39, 0.29) is 11.9 Å². The van der Waals surface area contributed by atoms with Crippen LogP contribution in [-0.2, 0) is 13.6 Å². The number of nitrogen functional groups attached to an aromatic ring is 1. The summed E-state index contributed by atoms with van der Waals surface area (Å²) in [5, 5.41) is 4.50. The molecule has 32 heavy (non-hydrogen) atoms. The minimum absolute atomic E-state index is 0.0358. The monoisotopic (exact) mass is 438 g/mol. The van der Waals surface area contributed by atoms with Crippen LogP contribution >= 0.6 is 0 Å². The van der Waals surface area contributed by atoms with Crippen LogP contribution in [0.25, 0.3) is 11.2 Å². The third-order valence-electron chi connectivity index (χ3n) is 6.65. The van der Waals surface area contributed by atoms with E-state index in [9.17, 15) is 4.79 Å². The summed E-state index contributed by atoms with van der Waals surface area (Å²) >= 11 is 0. The predicted molar refractivity (Wildman–Crippen MR) is 120 cm³/mol. The molecular weight excluding hydrogens is 408 g/mol. The van der Waals surface area contributed by atoms with Gasteiger partial charge in [-0.05, 0) is 19.9 Å². The lowest BCUT2D eigenvalue weighted by Gasteiger charge is -2.39. The molecule has 170 valence electrons. The summed E-state index contributed by atoms with van der Waals surface area (Å²) in [6.45, 7) is 10.7. The molecule has 2 N–H and O–H groups in total. The zero-order valence-electron chi connectivity index (χ0n) is 18.8. The van der Waals surface area contributed by atoms with Gasteiger partial charge >= 0.3 is 0 Å². The lowest BCUT2D eigenvalue weighted by molar-refractivity contribution is 0.0518. The van der Waals surface area contributed by atoms with Gasteiger partial charge in [0.2, 0.25) is 0 Å². The number of aryl methyl sites for hydroxylation is 1. The predicted octanol–water partition coefficient (Wildman–Crippen LogP) is 0.365. The minimum Gasteiger partial charge on any atom is -0.382 e. The third kappa shape index (κ3) is 3.71. The standard InChI is InChI=1S/C21H30N10O/c1-14(2)29-6-4-28(5-7-29)9-15-8-17(26-27(15)3)21(32)30-10-16(11-30)31-13-25-18-19(22)23-12-24-20(18)31/h8,12-14,16H,4-7,9-11H2,1-3H3,(H2,22,23,24). The van der Waals surface area contributed by atoms with Gasteiger partial charge in [-0.25, -0.2) is 15.0 Å². The van der Waals surface area contributed by atoms with Gasteiger partial charge in [0.05, 0.1) is 18.1 Å². The van der Waals surface area contributed by atoms with E-state index >= 15 is 0 Å². The number of carbonyl (C=O) groups excluding carboxylic acids is 1. The molecule has 2 fully saturated rings. The van der Waals surface area contributed by atoms with Gasteiger partial charge in [-0.15, -0.1) is 0 Å². The summed E-state index contributed by atoms with van der Waals surface area (Å²) in [6, 6.07) is 2.65. The molecule has 2 aliphatic heterocycles. The molecule has 0 unspecified atom stereocenters. The number of anilines is 1. The molecule has 5 rings (SSSR count). The number of likely N-dealkylation sites (tertiary alicyclic amines) is 1. The highest BCUT2D eigenvalue weighted by atomic mass is 16.2. The maximum atomic E-state index is 13.0. The van der Waals surface area contributed by atoms with E-state index in [0.29, 0.717) is 41.8 Å². The maximum absolute atomic E-state index is 13.0. The SMILES string of the molecule is CC(C)N1CCN(Cc2cc(C(=O)N3CC(n4cnc5c(N)ncnc54)C3)nn2C)CC1. The quantitative estimate of drug-likeness (QED) is 0.608. The highest BCUT2D eigenvalue weighted by Gasteiger charge is 2.35. The summed E-state index contributed by atoms with van der Waals surface area (Å²) < 4.78 is 3.81. The fraction of sp³-hybridized carbons (Fsp3) is 0.571. The van der Waals surface area contributed by atoms with Gasteiger partial charge in [0.25, 0.3) is 5.91 Å². The number of imidazole rings is 1. The van der Waals surface area contributed by atoms with Crippen molar-refractivity contribution in [1.29, 1.82) is 0 Å². The molecule has 0 atom stereocenters. The van der Waals surface area contributed by atoms with Gasteiger partial charge in [-0.1, -0.05) is 0 Å². The van der Waals surface area contributed by atoms with E-state index < -0.39 is 0 Å². The fourth-order valence-corrected chi connectivity index (χ4v) is 4.52. The van der Waals surface area contributed by atoms with Crippen LogP contribution in [0.2, 0.25) is 0 Å². The number of hydrogen-bond acceptors (Lipinski definition) is 8. The second-order valence-corrected chi connectivity index (χ2v) is 9.00. The van der Waals surface area contributed by atoms with Crippen LogP contribution in [0.1, 0.15) is 36.1 Å². The molecule has 3 aromatic heterocycles. The van der Waals surface area contributed by atoms with Gasteiger partial charge in [0.15, 0.2) is 17.2 Å². The van der Waals surface area contributed by atoms with Crippen molar-refractivity contribution in [3.05, 3.63) is 30.1 Å². The van der Waals surface area contributed by atoms with Crippen molar-refractivity contribution in [1.82, 2.24) is 44.0 Å². The summed E-state index contributed by atoms with van der Waals surface area (Å²) in [5.74, 6) is 0.332. The van der Waals surface area contributed by atoms with Gasteiger partial charge in [-0.3, -0.25) is 19.3 Å². The summed E-state index contributed by atoms with van der Waals surface area (Å²) in [7, 11) is 1.91. The molecule has 0 saturated carbocycles. The molecule has 2 saturated heterocycles. The van der Waals surface area contributed by atoms with E-state index in [1.165, 1.54) is 6.33 Å². The van der Waals surface area contributed by atoms with Crippen LogP contribution in [0, 0.1) is 0 Å². The molecule has 0 spiro atoms. The highest BCUT2D eigenvalue weighted by molar-refractivity contribution is 5.93. The number of fused-ring (bicyclic) bond motifs is 1. The van der Waals surface area contributed by atoms with Crippen molar-refractivity contribution in [2.24, 2.45) is 7.05 Å². The van der Waals surface area contributed by atoms with E-state index in [0.717, 1.165) is 38.4 Å². The number of carbonyl (C=O) groups is 1. The Morgan fingerprint density at radius 2 is 1.91 bits per heavy atom. The average molecular weight is 439 g/mol. The van der Waals surface area contributed by atoms with E-state index in [1.54, 1.807) is 6.33 Å². The van der Waals surface area contributed by atoms with Gasteiger partial charge < -0.3 is 15.2 Å². The molecule has 11 heteroatoms. The number of nitrogens with zero attached hydrogens (tertiary/aromatic N) is 9. The first-order chi connectivity index (χ1) is 15.4. The Balaban J connectivity index is 1.20. The van der Waals surface area contributed by atoms with Crippen LogP contribution in [-0.4, -0.2) is 95.2 Å². The normalized spacial score (nSPS) is 18.6. The smallest absolute Gasteiger partial charge is 0.274 e. The summed E-state index contributed by atoms with van der Waals surface area (Å²) in [4.78, 5) is 32.3. The third-order valence-corrected chi connectivity index (χ3v) is 6.65. The van der Waals surface area contributed by atoms with Crippen LogP contribution in [0.15, 0.2) is 18.7 Å². The number of amides is 1. The lowest BCUT2D eigenvalue weighted by Crippen LogP contribution is -2.50. The molecule has 1 amide bonds. The molecule has 5 heterocycles. The first kappa shape index (κ1) is 20.8. The number of aromatic nitrogens is 6. The average Bonchev–Trinajstić information content (AvgIpc) is 3.32. The van der Waals surface area contributed by atoms with E-state index in [1.807, 2.05) is 27.3 Å². The van der Waals surface area contributed by atoms with Gasteiger partial charge in [0, 0.05) is 58.9 Å². The Labute approximate surface area is 186 Å². The Hall–Kier alpha value is -3.05. The largest absolute Gasteiger partial charge is 0.382 e. The molecule has 11 nitrogen and oxygen atoms in total. The minimum atomic E-state index is -0.0358. The zero-order chi connectivity index (χ0) is 22.4. The Bertz CT molecular complexity index is 1120. The molecule has 0 aliphatic carbocycles. The first-order valence-electron chi connectivity index (χ1n) is 11.1. The van der Waals surface area contributed by atoms with Crippen molar-refractivity contribution >= 4 is 22.9 Å². The van der Waals surface area contributed by atoms with Crippen LogP contribution in [0.5, 0.6) is 0 Å². The van der Waals surface area contributed by atoms with Crippen molar-refractivity contribution in [2.75, 3.05) is 45.0 Å². The zero-order valence-corrected chi connectivity index (χ0v) is 18.8.